The maximum atomic E-state index is 5.36. The number of nitrogens with two attached hydrogens (primary N) is 2. The molecule has 76 valence electrons. The van der Waals surface area contributed by atoms with Gasteiger partial charge in [-0.05, 0) is 45.4 Å². The number of hydrogen-bond acceptors (Lipinski definition) is 2. The van der Waals surface area contributed by atoms with Crippen LogP contribution in [0.4, 0.5) is 0 Å². The first-order valence-electron chi connectivity index (χ1n) is 3.96. The normalized spacial score (nSPS) is 9.86. The van der Waals surface area contributed by atoms with Crippen molar-refractivity contribution in [2.45, 2.75) is 5.75 Å². The third-order valence-corrected chi connectivity index (χ3v) is 3.05. The van der Waals surface area contributed by atoms with Gasteiger partial charge in [0.25, 0.3) is 5.17 Å². The van der Waals surface area contributed by atoms with Crippen LogP contribution in [-0.2, 0) is 5.75 Å². The van der Waals surface area contributed by atoms with Crippen LogP contribution in [0, 0.1) is 0 Å². The molecule has 0 heterocycles. The Kier molecular flexibility index (Phi) is 4.28. The number of benzene rings is 1. The van der Waals surface area contributed by atoms with E-state index in [2.05, 4.69) is 15.9 Å². The van der Waals surface area contributed by atoms with Gasteiger partial charge in [-0.15, -0.1) is 0 Å². The fraction of sp³-hybridized carbons (Fsp3) is 0.222. The molecule has 0 spiro atoms. The lowest BCUT2D eigenvalue weighted by Crippen LogP contribution is -2.43. The monoisotopic (exact) mass is 275 g/mol. The Morgan fingerprint density at radius 2 is 2.36 bits per heavy atom. The van der Waals surface area contributed by atoms with Crippen molar-refractivity contribution in [3.05, 3.63) is 28.2 Å². The van der Waals surface area contributed by atoms with Crippen molar-refractivity contribution in [3.63, 3.8) is 0 Å². The second-order valence-electron chi connectivity index (χ2n) is 2.66. The molecule has 0 unspecified atom stereocenters. The van der Waals surface area contributed by atoms with Gasteiger partial charge in [-0.25, -0.2) is 0 Å². The van der Waals surface area contributed by atoms with Crippen molar-refractivity contribution in [2.24, 2.45) is 5.73 Å². The molecule has 14 heavy (non-hydrogen) atoms. The van der Waals surface area contributed by atoms with Gasteiger partial charge in [-0.2, -0.15) is 0 Å². The van der Waals surface area contributed by atoms with Crippen molar-refractivity contribution in [1.82, 2.24) is 0 Å². The van der Waals surface area contributed by atoms with Gasteiger partial charge in [0.15, 0.2) is 0 Å². The molecule has 0 aromatic heterocycles. The van der Waals surface area contributed by atoms with E-state index < -0.39 is 0 Å². The SMILES string of the molecule is COc1ccc(CSC(N)=[NH2+])cc1Br. The number of methoxy groups -OCH3 is 1. The lowest BCUT2D eigenvalue weighted by atomic mass is 10.2. The van der Waals surface area contributed by atoms with Crippen LogP contribution >= 0.6 is 27.7 Å². The molecule has 0 fully saturated rings. The molecule has 1 aromatic rings. The molecular formula is C9H12BrN2OS+. The molecule has 0 aliphatic heterocycles. The Bertz CT molecular complexity index is 344. The fourth-order valence-corrected chi connectivity index (χ4v) is 2.07. The number of ether oxygens (including phenoxy) is 1. The Hall–Kier alpha value is -0.680. The summed E-state index contributed by atoms with van der Waals surface area (Å²) in [4.78, 5) is 0. The molecule has 0 aliphatic carbocycles. The molecule has 1 aromatic carbocycles. The minimum absolute atomic E-state index is 0.386. The second kappa shape index (κ2) is 5.26. The largest absolute Gasteiger partial charge is 0.496 e. The third kappa shape index (κ3) is 3.23. The van der Waals surface area contributed by atoms with Crippen LogP contribution in [0.25, 0.3) is 0 Å². The molecule has 3 nitrogen and oxygen atoms in total. The second-order valence-corrected chi connectivity index (χ2v) is 4.56. The van der Waals surface area contributed by atoms with Crippen molar-refractivity contribution in [2.75, 3.05) is 7.11 Å². The third-order valence-electron chi connectivity index (χ3n) is 1.62. The minimum atomic E-state index is 0.386. The molecule has 0 aliphatic rings. The fourth-order valence-electron chi connectivity index (χ4n) is 0.966. The maximum absolute atomic E-state index is 5.36. The Morgan fingerprint density at radius 3 is 2.86 bits per heavy atom. The summed E-state index contributed by atoms with van der Waals surface area (Å²) in [5, 5.41) is 5.74. The van der Waals surface area contributed by atoms with Gasteiger partial charge in [0.2, 0.25) is 0 Å². The van der Waals surface area contributed by atoms with Crippen molar-refractivity contribution < 1.29 is 10.1 Å². The number of amidine groups is 1. The number of rotatable bonds is 3. The number of halogens is 1. The Balaban J connectivity index is 2.71. The van der Waals surface area contributed by atoms with E-state index in [1.54, 1.807) is 7.11 Å². The van der Waals surface area contributed by atoms with E-state index in [1.165, 1.54) is 11.8 Å². The number of hydrogen-bond donors (Lipinski definition) is 2. The zero-order chi connectivity index (χ0) is 10.6. The van der Waals surface area contributed by atoms with E-state index >= 15 is 0 Å². The molecule has 0 saturated carbocycles. The van der Waals surface area contributed by atoms with Crippen LogP contribution in [0.15, 0.2) is 22.7 Å². The average Bonchev–Trinajstić information content (AvgIpc) is 2.15. The van der Waals surface area contributed by atoms with E-state index in [0.717, 1.165) is 21.5 Å². The molecule has 4 N–H and O–H groups in total. The smallest absolute Gasteiger partial charge is 0.300 e. The highest BCUT2D eigenvalue weighted by atomic mass is 79.9. The van der Waals surface area contributed by atoms with E-state index in [0.29, 0.717) is 5.17 Å². The average molecular weight is 276 g/mol. The van der Waals surface area contributed by atoms with Crippen LogP contribution in [0.2, 0.25) is 0 Å². The van der Waals surface area contributed by atoms with E-state index in [1.807, 2.05) is 18.2 Å². The van der Waals surface area contributed by atoms with Crippen LogP contribution in [0.5, 0.6) is 5.75 Å². The molecular weight excluding hydrogens is 264 g/mol. The van der Waals surface area contributed by atoms with Crippen molar-refractivity contribution in [3.8, 4) is 5.75 Å². The summed E-state index contributed by atoms with van der Waals surface area (Å²) in [5.41, 5.74) is 6.50. The summed E-state index contributed by atoms with van der Waals surface area (Å²) in [6, 6.07) is 5.89. The summed E-state index contributed by atoms with van der Waals surface area (Å²) >= 11 is 4.83. The highest BCUT2D eigenvalue weighted by Crippen LogP contribution is 2.26. The van der Waals surface area contributed by atoms with Gasteiger partial charge in [-0.1, -0.05) is 6.07 Å². The topological polar surface area (TPSA) is 60.8 Å². The van der Waals surface area contributed by atoms with Crippen LogP contribution in [0.3, 0.4) is 0 Å². The Labute approximate surface area is 95.7 Å². The van der Waals surface area contributed by atoms with Gasteiger partial charge in [0.1, 0.15) is 5.75 Å². The lowest BCUT2D eigenvalue weighted by molar-refractivity contribution is -0.110. The summed E-state index contributed by atoms with van der Waals surface area (Å²) in [6.07, 6.45) is 0. The first-order valence-corrected chi connectivity index (χ1v) is 5.74. The van der Waals surface area contributed by atoms with Gasteiger partial charge in [0, 0.05) is 5.75 Å². The summed E-state index contributed by atoms with van der Waals surface area (Å²) in [7, 11) is 1.64. The van der Waals surface area contributed by atoms with Crippen molar-refractivity contribution >= 4 is 32.9 Å². The van der Waals surface area contributed by atoms with E-state index in [-0.39, 0.29) is 0 Å². The highest BCUT2D eigenvalue weighted by molar-refractivity contribution is 9.10. The van der Waals surface area contributed by atoms with Gasteiger partial charge >= 0.3 is 0 Å². The molecule has 0 radical (unpaired) electrons. The molecule has 0 saturated heterocycles. The predicted molar refractivity (Wildman–Crippen MR) is 63.1 cm³/mol. The van der Waals surface area contributed by atoms with Crippen molar-refractivity contribution in [1.29, 1.82) is 0 Å². The number of thioether (sulfide) groups is 1. The van der Waals surface area contributed by atoms with E-state index in [9.17, 15) is 0 Å². The zero-order valence-electron chi connectivity index (χ0n) is 7.79. The molecule has 0 bridgehead atoms. The maximum Gasteiger partial charge on any atom is 0.300 e. The van der Waals surface area contributed by atoms with Crippen LogP contribution in [-0.4, -0.2) is 12.3 Å². The zero-order valence-corrected chi connectivity index (χ0v) is 10.2. The molecule has 1 rings (SSSR count). The summed E-state index contributed by atoms with van der Waals surface area (Å²) < 4.78 is 6.06. The molecule has 0 amide bonds. The van der Waals surface area contributed by atoms with Gasteiger partial charge < -0.3 is 4.74 Å². The summed E-state index contributed by atoms with van der Waals surface area (Å²) in [5.74, 6) is 1.59. The quantitative estimate of drug-likeness (QED) is 0.633. The Morgan fingerprint density at radius 1 is 1.64 bits per heavy atom. The van der Waals surface area contributed by atoms with Crippen LogP contribution < -0.4 is 15.9 Å². The lowest BCUT2D eigenvalue weighted by Gasteiger charge is -2.04. The first-order chi connectivity index (χ1) is 6.63. The predicted octanol–water partition coefficient (Wildman–Crippen LogP) is 0.765. The first kappa shape index (κ1) is 11.4. The minimum Gasteiger partial charge on any atom is -0.496 e. The standard InChI is InChI=1S/C9H11BrN2OS/c1-13-8-3-2-6(4-7(8)10)5-14-9(11)12/h2-4H,5H2,1H3,(H3,11,12)/p+1. The van der Waals surface area contributed by atoms with Crippen LogP contribution in [0.1, 0.15) is 5.56 Å². The summed E-state index contributed by atoms with van der Waals surface area (Å²) in [6.45, 7) is 0. The molecule has 0 atom stereocenters. The van der Waals surface area contributed by atoms with Gasteiger partial charge in [0.05, 0.1) is 11.6 Å². The highest BCUT2D eigenvalue weighted by Gasteiger charge is 2.03. The van der Waals surface area contributed by atoms with E-state index in [4.69, 9.17) is 15.9 Å². The van der Waals surface area contributed by atoms with Gasteiger partial charge in [-0.3, -0.25) is 11.1 Å². The molecule has 5 heteroatoms.